The third-order valence-electron chi connectivity index (χ3n) is 5.02. The topological polar surface area (TPSA) is 42.4 Å². The predicted octanol–water partition coefficient (Wildman–Crippen LogP) is 4.63. The van der Waals surface area contributed by atoms with E-state index in [1.54, 1.807) is 18.4 Å². The highest BCUT2D eigenvalue weighted by Crippen LogP contribution is 2.33. The normalized spacial score (nSPS) is 17.5. The van der Waals surface area contributed by atoms with Crippen LogP contribution in [0, 0.1) is 6.92 Å². The maximum absolute atomic E-state index is 13.0. The number of carbonyl (C=O) groups is 1. The second-order valence-electron chi connectivity index (χ2n) is 6.79. The van der Waals surface area contributed by atoms with Gasteiger partial charge in [0.15, 0.2) is 0 Å². The molecule has 26 heavy (non-hydrogen) atoms. The number of para-hydroxylation sites is 1. The molecule has 0 spiro atoms. The fourth-order valence-electron chi connectivity index (χ4n) is 3.56. The molecular formula is C21H22N2O2S. The van der Waals surface area contributed by atoms with E-state index < -0.39 is 0 Å². The van der Waals surface area contributed by atoms with Crippen LogP contribution in [0.3, 0.4) is 0 Å². The molecule has 1 saturated heterocycles. The lowest BCUT2D eigenvalue weighted by Crippen LogP contribution is -2.39. The number of piperidine rings is 1. The molecule has 0 aliphatic carbocycles. The van der Waals surface area contributed by atoms with Crippen LogP contribution in [0.5, 0.6) is 5.75 Å². The number of rotatable bonds is 3. The van der Waals surface area contributed by atoms with Crippen molar-refractivity contribution in [3.63, 3.8) is 0 Å². The van der Waals surface area contributed by atoms with E-state index >= 15 is 0 Å². The number of nitrogens with zero attached hydrogens (tertiary/aromatic N) is 2. The van der Waals surface area contributed by atoms with E-state index in [1.165, 1.54) is 4.70 Å². The summed E-state index contributed by atoms with van der Waals surface area (Å²) in [5, 5.41) is 1.14. The molecule has 1 amide bonds. The van der Waals surface area contributed by atoms with Crippen molar-refractivity contribution in [3.05, 3.63) is 58.6 Å². The van der Waals surface area contributed by atoms with Crippen LogP contribution in [0.1, 0.15) is 39.7 Å². The smallest absolute Gasteiger partial charge is 0.254 e. The highest BCUT2D eigenvalue weighted by molar-refractivity contribution is 7.18. The molecule has 0 radical (unpaired) electrons. The Labute approximate surface area is 157 Å². The molecule has 0 N–H and O–H groups in total. The fraction of sp³-hybridized carbons (Fsp3) is 0.333. The van der Waals surface area contributed by atoms with Crippen LogP contribution in [0.2, 0.25) is 0 Å². The van der Waals surface area contributed by atoms with E-state index in [0.29, 0.717) is 11.5 Å². The number of aryl methyl sites for hydroxylation is 1. The molecule has 0 bridgehead atoms. The van der Waals surface area contributed by atoms with Crippen LogP contribution in [0.15, 0.2) is 42.5 Å². The van der Waals surface area contributed by atoms with Crippen molar-refractivity contribution in [2.75, 3.05) is 20.2 Å². The van der Waals surface area contributed by atoms with Gasteiger partial charge in [-0.2, -0.15) is 0 Å². The molecular weight excluding hydrogens is 344 g/mol. The average molecular weight is 366 g/mol. The van der Waals surface area contributed by atoms with E-state index in [4.69, 9.17) is 9.72 Å². The second kappa shape index (κ2) is 7.08. The first-order valence-corrected chi connectivity index (χ1v) is 9.77. The number of fused-ring (bicyclic) bond motifs is 1. The van der Waals surface area contributed by atoms with E-state index in [2.05, 4.69) is 12.1 Å². The highest BCUT2D eigenvalue weighted by atomic mass is 32.1. The van der Waals surface area contributed by atoms with E-state index in [9.17, 15) is 4.79 Å². The van der Waals surface area contributed by atoms with Crippen molar-refractivity contribution < 1.29 is 9.53 Å². The van der Waals surface area contributed by atoms with Crippen LogP contribution in [-0.4, -0.2) is 36.0 Å². The second-order valence-corrected chi connectivity index (χ2v) is 7.86. The Morgan fingerprint density at radius 1 is 1.27 bits per heavy atom. The number of benzene rings is 2. The number of carbonyl (C=O) groups excluding carboxylic acids is 1. The zero-order chi connectivity index (χ0) is 18.1. The summed E-state index contributed by atoms with van der Waals surface area (Å²) in [5.74, 6) is 1.15. The lowest BCUT2D eigenvalue weighted by atomic mass is 9.98. The largest absolute Gasteiger partial charge is 0.496 e. The monoisotopic (exact) mass is 366 g/mol. The van der Waals surface area contributed by atoms with Crippen molar-refractivity contribution in [3.8, 4) is 5.75 Å². The fourth-order valence-corrected chi connectivity index (χ4v) is 4.66. The van der Waals surface area contributed by atoms with Gasteiger partial charge in [0, 0.05) is 24.6 Å². The van der Waals surface area contributed by atoms with Crippen molar-refractivity contribution >= 4 is 27.5 Å². The molecule has 1 fully saturated rings. The molecule has 2 aromatic carbocycles. The van der Waals surface area contributed by atoms with Crippen molar-refractivity contribution in [1.29, 1.82) is 0 Å². The summed E-state index contributed by atoms with van der Waals surface area (Å²) in [6, 6.07) is 13.9. The van der Waals surface area contributed by atoms with Gasteiger partial charge in [0.25, 0.3) is 5.91 Å². The molecule has 4 nitrogen and oxygen atoms in total. The first kappa shape index (κ1) is 17.0. The average Bonchev–Trinajstić information content (AvgIpc) is 3.12. The number of hydrogen-bond donors (Lipinski definition) is 0. The van der Waals surface area contributed by atoms with Gasteiger partial charge in [-0.05, 0) is 49.6 Å². The van der Waals surface area contributed by atoms with Gasteiger partial charge in [-0.3, -0.25) is 4.79 Å². The first-order chi connectivity index (χ1) is 12.7. The number of likely N-dealkylation sites (tertiary alicyclic amines) is 1. The molecule has 134 valence electrons. The lowest BCUT2D eigenvalue weighted by molar-refractivity contribution is 0.0706. The minimum Gasteiger partial charge on any atom is -0.496 e. The maximum atomic E-state index is 13.0. The minimum atomic E-state index is 0.0779. The van der Waals surface area contributed by atoms with Gasteiger partial charge in [-0.1, -0.05) is 18.2 Å². The van der Waals surface area contributed by atoms with E-state index in [-0.39, 0.29) is 5.91 Å². The van der Waals surface area contributed by atoms with E-state index in [1.807, 2.05) is 42.2 Å². The van der Waals surface area contributed by atoms with Crippen LogP contribution < -0.4 is 4.74 Å². The summed E-state index contributed by atoms with van der Waals surface area (Å²) >= 11 is 1.75. The van der Waals surface area contributed by atoms with Crippen LogP contribution in [0.4, 0.5) is 0 Å². The lowest BCUT2D eigenvalue weighted by Gasteiger charge is -2.32. The summed E-state index contributed by atoms with van der Waals surface area (Å²) in [6.45, 7) is 3.52. The zero-order valence-electron chi connectivity index (χ0n) is 15.1. The van der Waals surface area contributed by atoms with Crippen LogP contribution >= 0.6 is 11.3 Å². The number of thiazole rings is 1. The molecule has 2 heterocycles. The predicted molar refractivity (Wildman–Crippen MR) is 105 cm³/mol. The van der Waals surface area contributed by atoms with Gasteiger partial charge in [0.1, 0.15) is 5.75 Å². The molecule has 4 rings (SSSR count). The Morgan fingerprint density at radius 2 is 2.12 bits per heavy atom. The van der Waals surface area contributed by atoms with Crippen LogP contribution in [-0.2, 0) is 0 Å². The van der Waals surface area contributed by atoms with Gasteiger partial charge < -0.3 is 9.64 Å². The third kappa shape index (κ3) is 3.19. The highest BCUT2D eigenvalue weighted by Gasteiger charge is 2.27. The van der Waals surface area contributed by atoms with Gasteiger partial charge in [0.2, 0.25) is 0 Å². The minimum absolute atomic E-state index is 0.0779. The molecule has 1 unspecified atom stereocenters. The van der Waals surface area contributed by atoms with Crippen LogP contribution in [0.25, 0.3) is 10.2 Å². The van der Waals surface area contributed by atoms with Gasteiger partial charge in [-0.15, -0.1) is 11.3 Å². The number of hydrogen-bond acceptors (Lipinski definition) is 4. The Balaban J connectivity index is 1.55. The summed E-state index contributed by atoms with van der Waals surface area (Å²) in [4.78, 5) is 19.7. The molecule has 3 aromatic rings. The SMILES string of the molecule is COc1cc(C(=O)N2CCCC(c3nc4ccccc4s3)C2)ccc1C. The summed E-state index contributed by atoms with van der Waals surface area (Å²) < 4.78 is 6.59. The van der Waals surface area contributed by atoms with Crippen molar-refractivity contribution in [2.45, 2.75) is 25.7 Å². The Bertz CT molecular complexity index is 917. The zero-order valence-corrected chi connectivity index (χ0v) is 15.9. The van der Waals surface area contributed by atoms with Crippen molar-refractivity contribution in [2.24, 2.45) is 0 Å². The molecule has 5 heteroatoms. The molecule has 0 saturated carbocycles. The molecule has 1 atom stereocenters. The maximum Gasteiger partial charge on any atom is 0.254 e. The summed E-state index contributed by atoms with van der Waals surface area (Å²) in [5.41, 5.74) is 2.78. The molecule has 1 aromatic heterocycles. The standard InChI is InChI=1S/C21H22N2O2S/c1-14-9-10-15(12-18(14)25-2)21(24)23-11-5-6-16(13-23)20-22-17-7-3-4-8-19(17)26-20/h3-4,7-10,12,16H,5-6,11,13H2,1-2H3. The van der Waals surface area contributed by atoms with Crippen molar-refractivity contribution in [1.82, 2.24) is 9.88 Å². The first-order valence-electron chi connectivity index (χ1n) is 8.95. The van der Waals surface area contributed by atoms with E-state index in [0.717, 1.165) is 47.8 Å². The Morgan fingerprint density at radius 3 is 2.92 bits per heavy atom. The summed E-state index contributed by atoms with van der Waals surface area (Å²) in [6.07, 6.45) is 2.09. The van der Waals surface area contributed by atoms with Gasteiger partial charge in [-0.25, -0.2) is 4.98 Å². The number of aromatic nitrogens is 1. The number of methoxy groups -OCH3 is 1. The quantitative estimate of drug-likeness (QED) is 0.678. The summed E-state index contributed by atoms with van der Waals surface area (Å²) in [7, 11) is 1.64. The Hall–Kier alpha value is -2.40. The van der Waals surface area contributed by atoms with Gasteiger partial charge in [0.05, 0.1) is 22.3 Å². The molecule has 1 aliphatic rings. The number of ether oxygens (including phenoxy) is 1. The Kier molecular flexibility index (Phi) is 4.64. The van der Waals surface area contributed by atoms with Gasteiger partial charge >= 0.3 is 0 Å². The number of amides is 1. The molecule has 1 aliphatic heterocycles. The third-order valence-corrected chi connectivity index (χ3v) is 6.22.